The fraction of sp³-hybridized carbons (Fsp3) is 0.692. The van der Waals surface area contributed by atoms with Crippen molar-refractivity contribution in [3.8, 4) is 12.3 Å². The van der Waals surface area contributed by atoms with E-state index in [1.807, 2.05) is 6.92 Å². The summed E-state index contributed by atoms with van der Waals surface area (Å²) in [6, 6.07) is 0. The first kappa shape index (κ1) is 13.6. The van der Waals surface area contributed by atoms with E-state index >= 15 is 0 Å². The molecule has 1 aliphatic carbocycles. The fourth-order valence-corrected chi connectivity index (χ4v) is 2.43. The molecule has 1 fully saturated rings. The minimum absolute atomic E-state index is 0.0882. The third kappa shape index (κ3) is 3.23. The molecule has 0 aromatic rings. The van der Waals surface area contributed by atoms with Crippen LogP contribution in [0.15, 0.2) is 0 Å². The van der Waals surface area contributed by atoms with E-state index in [1.54, 1.807) is 4.90 Å². The van der Waals surface area contributed by atoms with E-state index < -0.39 is 11.9 Å². The van der Waals surface area contributed by atoms with Crippen LogP contribution in [0.25, 0.3) is 0 Å². The Labute approximate surface area is 102 Å². The molecule has 1 rings (SSSR count). The highest BCUT2D eigenvalue weighted by atomic mass is 16.4. The lowest BCUT2D eigenvalue weighted by atomic mass is 9.94. The third-order valence-electron chi connectivity index (χ3n) is 3.24. The molecule has 0 aliphatic heterocycles. The van der Waals surface area contributed by atoms with Crippen LogP contribution in [0.1, 0.15) is 32.6 Å². The maximum atomic E-state index is 12.2. The molecule has 0 spiro atoms. The van der Waals surface area contributed by atoms with Crippen molar-refractivity contribution in [1.82, 2.24) is 4.90 Å². The van der Waals surface area contributed by atoms with Gasteiger partial charge in [0.1, 0.15) is 0 Å². The normalized spacial score (nSPS) is 23.1. The highest BCUT2D eigenvalue weighted by molar-refractivity contribution is 5.85. The highest BCUT2D eigenvalue weighted by Gasteiger charge is 2.39. The molecule has 0 bridgehead atoms. The van der Waals surface area contributed by atoms with Gasteiger partial charge in [0.15, 0.2) is 0 Å². The van der Waals surface area contributed by atoms with E-state index in [-0.39, 0.29) is 18.4 Å². The Morgan fingerprint density at radius 3 is 2.59 bits per heavy atom. The average molecular weight is 237 g/mol. The first-order valence-corrected chi connectivity index (χ1v) is 6.06. The number of hydrogen-bond donors (Lipinski definition) is 1. The van der Waals surface area contributed by atoms with Gasteiger partial charge in [-0.25, -0.2) is 0 Å². The van der Waals surface area contributed by atoms with Crippen molar-refractivity contribution >= 4 is 11.9 Å². The molecule has 1 N–H and O–H groups in total. The van der Waals surface area contributed by atoms with Crippen LogP contribution in [-0.4, -0.2) is 35.0 Å². The summed E-state index contributed by atoms with van der Waals surface area (Å²) in [5, 5.41) is 9.06. The van der Waals surface area contributed by atoms with Gasteiger partial charge in [-0.3, -0.25) is 9.59 Å². The second kappa shape index (κ2) is 6.29. The fourth-order valence-electron chi connectivity index (χ4n) is 2.43. The van der Waals surface area contributed by atoms with Crippen LogP contribution in [0, 0.1) is 24.2 Å². The van der Waals surface area contributed by atoms with Crippen LogP contribution < -0.4 is 0 Å². The second-order valence-electron chi connectivity index (χ2n) is 4.45. The number of aliphatic carboxylic acids is 1. The molecule has 0 aromatic heterocycles. The van der Waals surface area contributed by atoms with Crippen LogP contribution >= 0.6 is 0 Å². The number of amides is 1. The minimum Gasteiger partial charge on any atom is -0.481 e. The van der Waals surface area contributed by atoms with Gasteiger partial charge in [0, 0.05) is 6.54 Å². The van der Waals surface area contributed by atoms with Gasteiger partial charge < -0.3 is 10.0 Å². The molecule has 0 aromatic carbocycles. The van der Waals surface area contributed by atoms with Crippen molar-refractivity contribution in [3.63, 3.8) is 0 Å². The molecule has 17 heavy (non-hydrogen) atoms. The van der Waals surface area contributed by atoms with E-state index in [0.29, 0.717) is 19.4 Å². The van der Waals surface area contributed by atoms with E-state index in [2.05, 4.69) is 5.92 Å². The topological polar surface area (TPSA) is 57.6 Å². The smallest absolute Gasteiger partial charge is 0.307 e. The Kier molecular flexibility index (Phi) is 5.02. The van der Waals surface area contributed by atoms with Gasteiger partial charge >= 0.3 is 5.97 Å². The third-order valence-corrected chi connectivity index (χ3v) is 3.24. The lowest BCUT2D eigenvalue weighted by molar-refractivity contribution is -0.148. The number of carbonyl (C=O) groups is 2. The standard InChI is InChI=1S/C13H19NO3/c1-3-8-14(9-4-2)12(15)10-6-5-7-11(10)13(16)17/h1,10-11H,4-9H2,2H3,(H,16,17)/t10-,11+/m1/s1. The van der Waals surface area contributed by atoms with Crippen LogP contribution in [0.4, 0.5) is 0 Å². The molecule has 0 saturated heterocycles. The summed E-state index contributed by atoms with van der Waals surface area (Å²) in [6.45, 7) is 2.85. The van der Waals surface area contributed by atoms with Gasteiger partial charge in [-0.15, -0.1) is 6.42 Å². The Morgan fingerprint density at radius 1 is 1.41 bits per heavy atom. The van der Waals surface area contributed by atoms with Crippen molar-refractivity contribution in [3.05, 3.63) is 0 Å². The molecule has 2 atom stereocenters. The van der Waals surface area contributed by atoms with Crippen molar-refractivity contribution in [1.29, 1.82) is 0 Å². The monoisotopic (exact) mass is 237 g/mol. The summed E-state index contributed by atoms with van der Waals surface area (Å²) in [4.78, 5) is 24.9. The van der Waals surface area contributed by atoms with Gasteiger partial charge in [-0.2, -0.15) is 0 Å². The van der Waals surface area contributed by atoms with E-state index in [4.69, 9.17) is 11.5 Å². The number of carboxylic acid groups (broad SMARTS) is 1. The summed E-state index contributed by atoms with van der Waals surface area (Å²) in [7, 11) is 0. The largest absolute Gasteiger partial charge is 0.481 e. The molecule has 0 heterocycles. The number of carboxylic acids is 1. The molecule has 0 unspecified atom stereocenters. The van der Waals surface area contributed by atoms with Gasteiger partial charge in [0.05, 0.1) is 18.4 Å². The lowest BCUT2D eigenvalue weighted by Crippen LogP contribution is -2.39. The first-order valence-electron chi connectivity index (χ1n) is 6.06. The molecule has 4 nitrogen and oxygen atoms in total. The van der Waals surface area contributed by atoms with Crippen molar-refractivity contribution < 1.29 is 14.7 Å². The van der Waals surface area contributed by atoms with Gasteiger partial charge in [-0.05, 0) is 19.3 Å². The molecule has 94 valence electrons. The molecular formula is C13H19NO3. The van der Waals surface area contributed by atoms with Gasteiger partial charge in [0.25, 0.3) is 0 Å². The predicted octanol–water partition coefficient (Wildman–Crippen LogP) is 1.36. The molecule has 1 aliphatic rings. The lowest BCUT2D eigenvalue weighted by Gasteiger charge is -2.25. The van der Waals surface area contributed by atoms with Crippen molar-refractivity contribution in [2.45, 2.75) is 32.6 Å². The Morgan fingerprint density at radius 2 is 2.06 bits per heavy atom. The Bertz CT molecular complexity index is 332. The quantitative estimate of drug-likeness (QED) is 0.734. The molecular weight excluding hydrogens is 218 g/mol. The maximum Gasteiger partial charge on any atom is 0.307 e. The zero-order chi connectivity index (χ0) is 12.8. The summed E-state index contributed by atoms with van der Waals surface area (Å²) < 4.78 is 0. The number of nitrogens with zero attached hydrogens (tertiary/aromatic N) is 1. The Balaban J connectivity index is 2.72. The predicted molar refractivity (Wildman–Crippen MR) is 64.2 cm³/mol. The maximum absolute atomic E-state index is 12.2. The number of terminal acetylenes is 1. The minimum atomic E-state index is -0.863. The Hall–Kier alpha value is -1.50. The summed E-state index contributed by atoms with van der Waals surface area (Å²) >= 11 is 0. The zero-order valence-electron chi connectivity index (χ0n) is 10.2. The first-order chi connectivity index (χ1) is 8.11. The van der Waals surface area contributed by atoms with E-state index in [9.17, 15) is 9.59 Å². The number of carbonyl (C=O) groups excluding carboxylic acids is 1. The number of rotatable bonds is 5. The van der Waals surface area contributed by atoms with E-state index in [1.165, 1.54) is 0 Å². The molecule has 0 radical (unpaired) electrons. The SMILES string of the molecule is C#CCN(CCC)C(=O)[C@@H]1CCC[C@@H]1C(=O)O. The van der Waals surface area contributed by atoms with Crippen LogP contribution in [0.3, 0.4) is 0 Å². The molecule has 4 heteroatoms. The number of hydrogen-bond acceptors (Lipinski definition) is 2. The highest BCUT2D eigenvalue weighted by Crippen LogP contribution is 2.33. The molecule has 1 saturated carbocycles. The van der Waals surface area contributed by atoms with E-state index in [0.717, 1.165) is 12.8 Å². The zero-order valence-corrected chi connectivity index (χ0v) is 10.2. The molecule has 1 amide bonds. The van der Waals surface area contributed by atoms with Gasteiger partial charge in [0.2, 0.25) is 5.91 Å². The second-order valence-corrected chi connectivity index (χ2v) is 4.45. The average Bonchev–Trinajstić information content (AvgIpc) is 2.76. The van der Waals surface area contributed by atoms with Crippen LogP contribution in [0.5, 0.6) is 0 Å². The summed E-state index contributed by atoms with van der Waals surface area (Å²) in [6.07, 6.45) is 8.14. The van der Waals surface area contributed by atoms with Crippen molar-refractivity contribution in [2.75, 3.05) is 13.1 Å². The van der Waals surface area contributed by atoms with Crippen LogP contribution in [-0.2, 0) is 9.59 Å². The van der Waals surface area contributed by atoms with Gasteiger partial charge in [-0.1, -0.05) is 19.3 Å². The summed E-state index contributed by atoms with van der Waals surface area (Å²) in [5.74, 6) is 0.597. The van der Waals surface area contributed by atoms with Crippen LogP contribution in [0.2, 0.25) is 0 Å². The summed E-state index contributed by atoms with van der Waals surface area (Å²) in [5.41, 5.74) is 0. The van der Waals surface area contributed by atoms with Crippen molar-refractivity contribution in [2.24, 2.45) is 11.8 Å².